The average molecular weight is 367 g/mol. The maximum absolute atomic E-state index is 12.4. The number of nitrogens with one attached hydrogen (secondary N) is 1. The number of hydrogen-bond donors (Lipinski definition) is 2. The molecular formula is C17H19ClN2O3S. The first-order valence-electron chi connectivity index (χ1n) is 7.48. The van der Waals surface area contributed by atoms with Gasteiger partial charge in [-0.25, -0.2) is 13.6 Å². The van der Waals surface area contributed by atoms with Crippen LogP contribution in [0.15, 0.2) is 53.4 Å². The number of carbonyl (C=O) groups excluding carboxylic acids is 1. The highest BCUT2D eigenvalue weighted by Gasteiger charge is 2.17. The number of carbonyl (C=O) groups is 1. The third kappa shape index (κ3) is 4.56. The van der Waals surface area contributed by atoms with Crippen LogP contribution in [0.25, 0.3) is 0 Å². The molecule has 2 aromatic rings. The zero-order chi connectivity index (χ0) is 17.7. The first-order chi connectivity index (χ1) is 11.3. The minimum Gasteiger partial charge on any atom is -0.351 e. The van der Waals surface area contributed by atoms with Crippen molar-refractivity contribution in [3.63, 3.8) is 0 Å². The summed E-state index contributed by atoms with van der Waals surface area (Å²) in [5.41, 5.74) is 1.22. The van der Waals surface area contributed by atoms with Crippen LogP contribution in [0.4, 0.5) is 0 Å². The highest BCUT2D eigenvalue weighted by atomic mass is 35.5. The predicted molar refractivity (Wildman–Crippen MR) is 94.6 cm³/mol. The van der Waals surface area contributed by atoms with Gasteiger partial charge in [-0.1, -0.05) is 48.9 Å². The lowest BCUT2D eigenvalue weighted by molar-refractivity contribution is 0.0951. The summed E-state index contributed by atoms with van der Waals surface area (Å²) >= 11 is 6.01. The lowest BCUT2D eigenvalue weighted by Crippen LogP contribution is -2.28. The van der Waals surface area contributed by atoms with E-state index in [1.807, 2.05) is 37.3 Å². The molecule has 0 fully saturated rings. The molecule has 0 aliphatic rings. The van der Waals surface area contributed by atoms with Gasteiger partial charge >= 0.3 is 0 Å². The number of primary sulfonamides is 1. The Bertz CT molecular complexity index is 823. The molecule has 24 heavy (non-hydrogen) atoms. The molecule has 0 aliphatic heterocycles. The van der Waals surface area contributed by atoms with Gasteiger partial charge in [0.1, 0.15) is 0 Å². The van der Waals surface area contributed by atoms with Crippen molar-refractivity contribution in [2.45, 2.75) is 24.2 Å². The minimum atomic E-state index is -3.89. The summed E-state index contributed by atoms with van der Waals surface area (Å²) in [5.74, 6) is -0.268. The van der Waals surface area contributed by atoms with Crippen molar-refractivity contribution in [1.29, 1.82) is 0 Å². The van der Waals surface area contributed by atoms with E-state index in [2.05, 4.69) is 5.32 Å². The highest BCUT2D eigenvalue weighted by molar-refractivity contribution is 7.89. The second-order valence-electron chi connectivity index (χ2n) is 5.41. The standard InChI is InChI=1S/C17H19ClN2O3S/c1-2-12(13-6-4-3-5-7-13)11-20-17(21)15-10-14(24(19,22)23)8-9-16(15)18/h3-10,12H,2,11H2,1H3,(H,20,21)(H2,19,22,23). The van der Waals surface area contributed by atoms with Gasteiger partial charge in [0.05, 0.1) is 15.5 Å². The van der Waals surface area contributed by atoms with Crippen LogP contribution in [0.5, 0.6) is 0 Å². The van der Waals surface area contributed by atoms with Crippen molar-refractivity contribution >= 4 is 27.5 Å². The van der Waals surface area contributed by atoms with E-state index in [0.29, 0.717) is 6.54 Å². The quantitative estimate of drug-likeness (QED) is 0.823. The molecule has 0 spiro atoms. The molecule has 0 saturated heterocycles. The molecule has 1 atom stereocenters. The molecule has 0 heterocycles. The topological polar surface area (TPSA) is 89.3 Å². The minimum absolute atomic E-state index is 0.0890. The van der Waals surface area contributed by atoms with E-state index in [1.54, 1.807) is 0 Å². The van der Waals surface area contributed by atoms with Gasteiger partial charge in [-0.3, -0.25) is 4.79 Å². The SMILES string of the molecule is CCC(CNC(=O)c1cc(S(N)(=O)=O)ccc1Cl)c1ccccc1. The molecule has 0 saturated carbocycles. The van der Waals surface area contributed by atoms with Crippen LogP contribution in [0.3, 0.4) is 0 Å². The summed E-state index contributed by atoms with van der Waals surface area (Å²) in [7, 11) is -3.89. The van der Waals surface area contributed by atoms with Crippen LogP contribution in [0.2, 0.25) is 5.02 Å². The first-order valence-corrected chi connectivity index (χ1v) is 9.41. The van der Waals surface area contributed by atoms with Crippen LogP contribution in [-0.2, 0) is 10.0 Å². The van der Waals surface area contributed by atoms with Crippen LogP contribution < -0.4 is 10.5 Å². The molecule has 0 aromatic heterocycles. The van der Waals surface area contributed by atoms with Gasteiger partial charge in [-0.15, -0.1) is 0 Å². The largest absolute Gasteiger partial charge is 0.351 e. The Kier molecular flexibility index (Phi) is 5.99. The fourth-order valence-electron chi connectivity index (χ4n) is 2.39. The second-order valence-corrected chi connectivity index (χ2v) is 7.38. The summed E-state index contributed by atoms with van der Waals surface area (Å²) in [5, 5.41) is 8.08. The van der Waals surface area contributed by atoms with Crippen molar-refractivity contribution in [3.8, 4) is 0 Å². The van der Waals surface area contributed by atoms with Crippen molar-refractivity contribution < 1.29 is 13.2 Å². The summed E-state index contributed by atoms with van der Waals surface area (Å²) in [6.07, 6.45) is 0.856. The molecule has 0 radical (unpaired) electrons. The Hall–Kier alpha value is -1.89. The van der Waals surface area contributed by atoms with E-state index in [-0.39, 0.29) is 21.4 Å². The van der Waals surface area contributed by atoms with Gasteiger partial charge in [0, 0.05) is 12.5 Å². The van der Waals surface area contributed by atoms with Crippen LogP contribution in [0.1, 0.15) is 35.2 Å². The number of benzene rings is 2. The van der Waals surface area contributed by atoms with E-state index in [4.69, 9.17) is 16.7 Å². The Morgan fingerprint density at radius 1 is 1.21 bits per heavy atom. The number of amides is 1. The van der Waals surface area contributed by atoms with Crippen molar-refractivity contribution in [2.75, 3.05) is 6.54 Å². The zero-order valence-electron chi connectivity index (χ0n) is 13.2. The van der Waals surface area contributed by atoms with E-state index in [9.17, 15) is 13.2 Å². The Morgan fingerprint density at radius 2 is 1.88 bits per heavy atom. The van der Waals surface area contributed by atoms with Gasteiger partial charge in [0.25, 0.3) is 5.91 Å². The fraction of sp³-hybridized carbons (Fsp3) is 0.235. The summed E-state index contributed by atoms with van der Waals surface area (Å²) in [6, 6.07) is 13.7. The normalized spacial score (nSPS) is 12.6. The van der Waals surface area contributed by atoms with Gasteiger partial charge in [0.15, 0.2) is 0 Å². The van der Waals surface area contributed by atoms with Crippen LogP contribution in [-0.4, -0.2) is 20.9 Å². The van der Waals surface area contributed by atoms with Crippen molar-refractivity contribution in [1.82, 2.24) is 5.32 Å². The van der Waals surface area contributed by atoms with Gasteiger partial charge < -0.3 is 5.32 Å². The van der Waals surface area contributed by atoms with E-state index in [1.165, 1.54) is 18.2 Å². The Balaban J connectivity index is 2.15. The number of rotatable bonds is 6. The van der Waals surface area contributed by atoms with Gasteiger partial charge in [-0.05, 0) is 30.2 Å². The molecule has 5 nitrogen and oxygen atoms in total. The molecule has 128 valence electrons. The van der Waals surface area contributed by atoms with Gasteiger partial charge in [0.2, 0.25) is 10.0 Å². The smallest absolute Gasteiger partial charge is 0.252 e. The van der Waals surface area contributed by atoms with E-state index >= 15 is 0 Å². The Labute approximate surface area is 146 Å². The zero-order valence-corrected chi connectivity index (χ0v) is 14.8. The third-order valence-corrected chi connectivity index (χ3v) is 5.02. The van der Waals surface area contributed by atoms with Crippen molar-refractivity contribution in [3.05, 3.63) is 64.7 Å². The fourth-order valence-corrected chi connectivity index (χ4v) is 3.13. The van der Waals surface area contributed by atoms with Crippen molar-refractivity contribution in [2.24, 2.45) is 5.14 Å². The molecule has 3 N–H and O–H groups in total. The maximum Gasteiger partial charge on any atom is 0.252 e. The predicted octanol–water partition coefficient (Wildman–Crippen LogP) is 2.91. The number of halogens is 1. The molecule has 7 heteroatoms. The molecule has 2 aromatic carbocycles. The maximum atomic E-state index is 12.4. The highest BCUT2D eigenvalue weighted by Crippen LogP contribution is 2.21. The van der Waals surface area contributed by atoms with Crippen LogP contribution >= 0.6 is 11.6 Å². The molecule has 0 bridgehead atoms. The molecular weight excluding hydrogens is 348 g/mol. The molecule has 1 amide bonds. The Morgan fingerprint density at radius 3 is 2.46 bits per heavy atom. The number of nitrogens with two attached hydrogens (primary N) is 1. The summed E-state index contributed by atoms with van der Waals surface area (Å²) in [4.78, 5) is 12.2. The molecule has 1 unspecified atom stereocenters. The number of sulfonamides is 1. The third-order valence-electron chi connectivity index (χ3n) is 3.78. The first kappa shape index (κ1) is 18.4. The average Bonchev–Trinajstić information content (AvgIpc) is 2.55. The number of hydrogen-bond acceptors (Lipinski definition) is 3. The monoisotopic (exact) mass is 366 g/mol. The van der Waals surface area contributed by atoms with Crippen LogP contribution in [0, 0.1) is 0 Å². The lowest BCUT2D eigenvalue weighted by Gasteiger charge is -2.16. The van der Waals surface area contributed by atoms with E-state index < -0.39 is 15.9 Å². The lowest BCUT2D eigenvalue weighted by atomic mass is 9.96. The van der Waals surface area contributed by atoms with E-state index in [0.717, 1.165) is 12.0 Å². The molecule has 2 rings (SSSR count). The summed E-state index contributed by atoms with van der Waals surface area (Å²) < 4.78 is 22.8. The summed E-state index contributed by atoms with van der Waals surface area (Å²) in [6.45, 7) is 2.47. The van der Waals surface area contributed by atoms with Gasteiger partial charge in [-0.2, -0.15) is 0 Å². The molecule has 0 aliphatic carbocycles. The second kappa shape index (κ2) is 7.79.